The van der Waals surface area contributed by atoms with Gasteiger partial charge in [0.25, 0.3) is 0 Å². The second-order valence-electron chi connectivity index (χ2n) is 5.63. The van der Waals surface area contributed by atoms with Gasteiger partial charge in [0.05, 0.1) is 0 Å². The van der Waals surface area contributed by atoms with Gasteiger partial charge in [-0.05, 0) is 31.1 Å². The molecule has 0 spiro atoms. The first-order chi connectivity index (χ1) is 8.24. The fraction of sp³-hybridized carbons (Fsp3) is 0.882. The molecule has 1 aliphatic carbocycles. The van der Waals surface area contributed by atoms with E-state index in [4.69, 9.17) is 0 Å². The highest BCUT2D eigenvalue weighted by molar-refractivity contribution is 4.87. The van der Waals surface area contributed by atoms with Crippen molar-refractivity contribution in [3.8, 4) is 0 Å². The summed E-state index contributed by atoms with van der Waals surface area (Å²) in [6.07, 6.45) is 17.2. The van der Waals surface area contributed by atoms with Crippen LogP contribution in [-0.4, -0.2) is 0 Å². The molecule has 0 heterocycles. The first kappa shape index (κ1) is 16.7. The van der Waals surface area contributed by atoms with E-state index in [-0.39, 0.29) is 0 Å². The Hall–Kier alpha value is -0.260. The number of unbranched alkanes of at least 4 members (excludes halogenated alkanes) is 2. The SMILES string of the molecule is CCCC.CCCCC1C/C=C\CC(C)CC1. The average molecular weight is 238 g/mol. The average Bonchev–Trinajstić information content (AvgIpc) is 2.34. The molecule has 0 saturated carbocycles. The molecule has 0 bridgehead atoms. The third-order valence-electron chi connectivity index (χ3n) is 3.71. The van der Waals surface area contributed by atoms with Crippen LogP contribution in [0.25, 0.3) is 0 Å². The predicted molar refractivity (Wildman–Crippen MR) is 80.4 cm³/mol. The molecule has 17 heavy (non-hydrogen) atoms. The van der Waals surface area contributed by atoms with E-state index in [1.807, 2.05) is 0 Å². The first-order valence-electron chi connectivity index (χ1n) is 7.89. The molecule has 1 rings (SSSR count). The molecular weight excluding hydrogens is 204 g/mol. The maximum absolute atomic E-state index is 2.41. The molecule has 102 valence electrons. The Morgan fingerprint density at radius 1 is 0.882 bits per heavy atom. The molecular formula is C17H34. The van der Waals surface area contributed by atoms with Crippen molar-refractivity contribution in [2.45, 2.75) is 85.5 Å². The molecule has 0 fully saturated rings. The molecule has 0 aromatic carbocycles. The second-order valence-corrected chi connectivity index (χ2v) is 5.63. The van der Waals surface area contributed by atoms with Crippen molar-refractivity contribution >= 4 is 0 Å². The third kappa shape index (κ3) is 10.6. The molecule has 0 N–H and O–H groups in total. The smallest absolute Gasteiger partial charge is 0.0322 e. The maximum Gasteiger partial charge on any atom is -0.0322 e. The summed E-state index contributed by atoms with van der Waals surface area (Å²) >= 11 is 0. The fourth-order valence-electron chi connectivity index (χ4n) is 2.13. The fourth-order valence-corrected chi connectivity index (χ4v) is 2.13. The van der Waals surface area contributed by atoms with Crippen molar-refractivity contribution in [1.82, 2.24) is 0 Å². The lowest BCUT2D eigenvalue weighted by atomic mass is 9.87. The zero-order chi connectivity index (χ0) is 12.9. The lowest BCUT2D eigenvalue weighted by Gasteiger charge is -2.19. The monoisotopic (exact) mass is 238 g/mol. The van der Waals surface area contributed by atoms with Crippen molar-refractivity contribution < 1.29 is 0 Å². The first-order valence-corrected chi connectivity index (χ1v) is 7.89. The molecule has 0 nitrogen and oxygen atoms in total. The van der Waals surface area contributed by atoms with Crippen LogP contribution < -0.4 is 0 Å². The van der Waals surface area contributed by atoms with E-state index >= 15 is 0 Å². The number of rotatable bonds is 4. The van der Waals surface area contributed by atoms with E-state index in [1.54, 1.807) is 0 Å². The van der Waals surface area contributed by atoms with Gasteiger partial charge < -0.3 is 0 Å². The summed E-state index contributed by atoms with van der Waals surface area (Å²) < 4.78 is 0. The Morgan fingerprint density at radius 3 is 2.12 bits per heavy atom. The summed E-state index contributed by atoms with van der Waals surface area (Å²) in [5, 5.41) is 0. The van der Waals surface area contributed by atoms with Gasteiger partial charge in [0.15, 0.2) is 0 Å². The maximum atomic E-state index is 2.41. The van der Waals surface area contributed by atoms with E-state index in [0.717, 1.165) is 11.8 Å². The molecule has 0 radical (unpaired) electrons. The lowest BCUT2D eigenvalue weighted by molar-refractivity contribution is 0.375. The predicted octanol–water partition coefficient (Wildman–Crippen LogP) is 6.37. The van der Waals surface area contributed by atoms with E-state index in [0.29, 0.717) is 0 Å². The summed E-state index contributed by atoms with van der Waals surface area (Å²) in [5.74, 6) is 1.90. The van der Waals surface area contributed by atoms with Crippen LogP contribution in [0.3, 0.4) is 0 Å². The third-order valence-corrected chi connectivity index (χ3v) is 3.71. The molecule has 0 amide bonds. The molecule has 0 saturated heterocycles. The highest BCUT2D eigenvalue weighted by Crippen LogP contribution is 2.25. The van der Waals surface area contributed by atoms with Gasteiger partial charge in [0.1, 0.15) is 0 Å². The highest BCUT2D eigenvalue weighted by atomic mass is 14.2. The van der Waals surface area contributed by atoms with Crippen LogP contribution in [0.15, 0.2) is 12.2 Å². The normalized spacial score (nSPS) is 26.4. The summed E-state index contributed by atoms with van der Waals surface area (Å²) in [7, 11) is 0. The van der Waals surface area contributed by atoms with Gasteiger partial charge >= 0.3 is 0 Å². The standard InChI is InChI=1S/C13H24.C4H10/c1-3-4-8-13-9-6-5-7-12(2)10-11-13;1-3-4-2/h5-6,12-13H,3-4,7-11H2,1-2H3;3-4H2,1-2H3/b6-5-;. The van der Waals surface area contributed by atoms with E-state index < -0.39 is 0 Å². The van der Waals surface area contributed by atoms with E-state index in [9.17, 15) is 0 Å². The largest absolute Gasteiger partial charge is 0.0883 e. The topological polar surface area (TPSA) is 0 Å². The molecule has 0 aliphatic heterocycles. The summed E-state index contributed by atoms with van der Waals surface area (Å²) in [6, 6.07) is 0. The van der Waals surface area contributed by atoms with Crippen LogP contribution in [0, 0.1) is 11.8 Å². The van der Waals surface area contributed by atoms with Gasteiger partial charge in [0, 0.05) is 0 Å². The van der Waals surface area contributed by atoms with Crippen molar-refractivity contribution in [1.29, 1.82) is 0 Å². The van der Waals surface area contributed by atoms with Gasteiger partial charge in [-0.1, -0.05) is 78.4 Å². The van der Waals surface area contributed by atoms with Gasteiger partial charge in [-0.3, -0.25) is 0 Å². The van der Waals surface area contributed by atoms with Crippen LogP contribution in [-0.2, 0) is 0 Å². The minimum atomic E-state index is 0.917. The van der Waals surface area contributed by atoms with Crippen LogP contribution in [0.5, 0.6) is 0 Å². The minimum absolute atomic E-state index is 0.917. The molecule has 2 atom stereocenters. The van der Waals surface area contributed by atoms with Crippen molar-refractivity contribution in [2.75, 3.05) is 0 Å². The quantitative estimate of drug-likeness (QED) is 0.499. The molecule has 2 unspecified atom stereocenters. The van der Waals surface area contributed by atoms with E-state index in [1.165, 1.54) is 57.8 Å². The summed E-state index contributed by atoms with van der Waals surface area (Å²) in [4.78, 5) is 0. The van der Waals surface area contributed by atoms with Crippen molar-refractivity contribution in [3.05, 3.63) is 12.2 Å². The Balaban J connectivity index is 0.000000557. The number of allylic oxidation sites excluding steroid dienone is 2. The van der Waals surface area contributed by atoms with Gasteiger partial charge in [0.2, 0.25) is 0 Å². The Kier molecular flexibility index (Phi) is 12.0. The molecule has 0 aromatic rings. The van der Waals surface area contributed by atoms with Crippen LogP contribution in [0.2, 0.25) is 0 Å². The number of hydrogen-bond donors (Lipinski definition) is 0. The lowest BCUT2D eigenvalue weighted by Crippen LogP contribution is -2.05. The molecule has 0 aromatic heterocycles. The Labute approximate surface area is 110 Å². The van der Waals surface area contributed by atoms with Crippen LogP contribution >= 0.6 is 0 Å². The molecule has 1 aliphatic rings. The Bertz CT molecular complexity index is 167. The second kappa shape index (κ2) is 12.2. The summed E-state index contributed by atoms with van der Waals surface area (Å²) in [5.41, 5.74) is 0. The van der Waals surface area contributed by atoms with Gasteiger partial charge in [-0.2, -0.15) is 0 Å². The zero-order valence-electron chi connectivity index (χ0n) is 12.7. The van der Waals surface area contributed by atoms with Gasteiger partial charge in [-0.15, -0.1) is 0 Å². The van der Waals surface area contributed by atoms with Crippen molar-refractivity contribution in [3.63, 3.8) is 0 Å². The van der Waals surface area contributed by atoms with Crippen molar-refractivity contribution in [2.24, 2.45) is 11.8 Å². The van der Waals surface area contributed by atoms with Crippen LogP contribution in [0.4, 0.5) is 0 Å². The number of hydrogen-bond acceptors (Lipinski definition) is 0. The summed E-state index contributed by atoms with van der Waals surface area (Å²) in [6.45, 7) is 9.04. The highest BCUT2D eigenvalue weighted by Gasteiger charge is 2.11. The van der Waals surface area contributed by atoms with Gasteiger partial charge in [-0.25, -0.2) is 0 Å². The minimum Gasteiger partial charge on any atom is -0.0883 e. The molecule has 0 heteroatoms. The Morgan fingerprint density at radius 2 is 1.53 bits per heavy atom. The zero-order valence-corrected chi connectivity index (χ0v) is 12.7. The van der Waals surface area contributed by atoms with E-state index in [2.05, 4.69) is 39.8 Å². The van der Waals surface area contributed by atoms with Crippen LogP contribution in [0.1, 0.15) is 85.5 Å².